The zero-order chi connectivity index (χ0) is 32.3. The average molecular weight is 625 g/mol. The topological polar surface area (TPSA) is 85.4 Å². The highest BCUT2D eigenvalue weighted by atomic mass is 19.4. The third-order valence-electron chi connectivity index (χ3n) is 9.91. The molecule has 1 spiro atoms. The van der Waals surface area contributed by atoms with E-state index >= 15 is 0 Å². The molecule has 2 fully saturated rings. The first-order valence-corrected chi connectivity index (χ1v) is 15.0. The van der Waals surface area contributed by atoms with Gasteiger partial charge in [0, 0.05) is 45.6 Å². The van der Waals surface area contributed by atoms with Crippen molar-refractivity contribution in [2.45, 2.75) is 74.9 Å². The van der Waals surface area contributed by atoms with Crippen molar-refractivity contribution in [2.24, 2.45) is 0 Å². The van der Waals surface area contributed by atoms with Gasteiger partial charge < -0.3 is 19.1 Å². The van der Waals surface area contributed by atoms with Crippen LogP contribution in [-0.4, -0.2) is 71.6 Å². The van der Waals surface area contributed by atoms with E-state index in [2.05, 4.69) is 11.5 Å². The number of rotatable bonds is 7. The summed E-state index contributed by atoms with van der Waals surface area (Å²) in [4.78, 5) is 42.3. The molecule has 45 heavy (non-hydrogen) atoms. The Labute approximate surface area is 259 Å². The van der Waals surface area contributed by atoms with Gasteiger partial charge in [0.1, 0.15) is 11.7 Å². The third-order valence-corrected chi connectivity index (χ3v) is 9.91. The molecule has 6 rings (SSSR count). The summed E-state index contributed by atoms with van der Waals surface area (Å²) in [5, 5.41) is 0. The highest BCUT2D eigenvalue weighted by Gasteiger charge is 2.75. The highest BCUT2D eigenvalue weighted by molar-refractivity contribution is 5.92. The number of likely N-dealkylation sites (N-methyl/N-ethyl adjacent to an activating group) is 1. The van der Waals surface area contributed by atoms with Gasteiger partial charge in [0.2, 0.25) is 5.91 Å². The van der Waals surface area contributed by atoms with Gasteiger partial charge >= 0.3 is 18.1 Å². The van der Waals surface area contributed by atoms with Gasteiger partial charge in [0.15, 0.2) is 11.5 Å². The molecule has 2 aromatic carbocycles. The minimum atomic E-state index is -4.50. The van der Waals surface area contributed by atoms with E-state index in [4.69, 9.17) is 14.2 Å². The van der Waals surface area contributed by atoms with Gasteiger partial charge in [0.05, 0.1) is 23.1 Å². The predicted octanol–water partition coefficient (Wildman–Crippen LogP) is 5.08. The van der Waals surface area contributed by atoms with Crippen molar-refractivity contribution < 1.29 is 41.8 Å². The fourth-order valence-electron chi connectivity index (χ4n) is 8.31. The van der Waals surface area contributed by atoms with Crippen LogP contribution in [0.3, 0.4) is 0 Å². The number of halogens is 3. The number of hydrogen-bond acceptors (Lipinski definition) is 7. The molecule has 238 valence electrons. The van der Waals surface area contributed by atoms with Crippen LogP contribution in [-0.2, 0) is 37.1 Å². The number of hydrogen-bond donors (Lipinski definition) is 0. The summed E-state index contributed by atoms with van der Waals surface area (Å²) in [5.41, 5.74) is -0.525. The van der Waals surface area contributed by atoms with Crippen molar-refractivity contribution >= 4 is 23.9 Å². The normalized spacial score (nSPS) is 28.2. The summed E-state index contributed by atoms with van der Waals surface area (Å²) < 4.78 is 58.5. The van der Waals surface area contributed by atoms with Gasteiger partial charge in [-0.3, -0.25) is 19.3 Å². The van der Waals surface area contributed by atoms with Crippen molar-refractivity contribution in [1.82, 2.24) is 9.80 Å². The molecule has 2 aromatic rings. The molecule has 11 heteroatoms. The molecule has 0 unspecified atom stereocenters. The van der Waals surface area contributed by atoms with Crippen LogP contribution in [0.15, 0.2) is 55.1 Å². The predicted molar refractivity (Wildman–Crippen MR) is 158 cm³/mol. The van der Waals surface area contributed by atoms with Crippen LogP contribution in [0.25, 0.3) is 6.08 Å². The molecule has 1 saturated heterocycles. The maximum atomic E-state index is 13.6. The second-order valence-corrected chi connectivity index (χ2v) is 12.3. The minimum absolute atomic E-state index is 0.181. The van der Waals surface area contributed by atoms with Crippen LogP contribution in [0.2, 0.25) is 0 Å². The maximum absolute atomic E-state index is 13.6. The van der Waals surface area contributed by atoms with Crippen molar-refractivity contribution in [3.63, 3.8) is 0 Å². The molecule has 5 atom stereocenters. The largest absolute Gasteiger partial charge is 0.483 e. The van der Waals surface area contributed by atoms with Gasteiger partial charge in [0.25, 0.3) is 0 Å². The summed E-state index contributed by atoms with van der Waals surface area (Å²) in [6.45, 7) is 7.91. The molecule has 4 aliphatic rings. The van der Waals surface area contributed by atoms with E-state index in [9.17, 15) is 27.6 Å². The molecule has 0 radical (unpaired) electrons. The van der Waals surface area contributed by atoms with E-state index in [-0.39, 0.29) is 17.4 Å². The average Bonchev–Trinajstić information content (AvgIpc) is 3.33. The summed E-state index contributed by atoms with van der Waals surface area (Å²) in [6, 6.07) is 7.76. The Bertz CT molecular complexity index is 1600. The van der Waals surface area contributed by atoms with Crippen LogP contribution in [0.1, 0.15) is 55.4 Å². The second-order valence-electron chi connectivity index (χ2n) is 12.3. The Kier molecular flexibility index (Phi) is 7.58. The van der Waals surface area contributed by atoms with Crippen LogP contribution >= 0.6 is 0 Å². The molecule has 0 aromatic heterocycles. The van der Waals surface area contributed by atoms with Crippen LogP contribution in [0, 0.1) is 0 Å². The molecule has 2 bridgehead atoms. The van der Waals surface area contributed by atoms with Crippen molar-refractivity contribution in [3.8, 4) is 11.5 Å². The summed E-state index contributed by atoms with van der Waals surface area (Å²) >= 11 is 0. The molecule has 2 aliphatic carbocycles. The number of carbonyl (C=O) groups excluding carboxylic acids is 3. The number of piperidine rings is 1. The van der Waals surface area contributed by atoms with Crippen LogP contribution in [0.4, 0.5) is 13.2 Å². The van der Waals surface area contributed by atoms with Gasteiger partial charge in [-0.05, 0) is 61.1 Å². The first-order chi connectivity index (χ1) is 21.3. The maximum Gasteiger partial charge on any atom is 0.416 e. The number of alkyl halides is 3. The lowest BCUT2D eigenvalue weighted by Crippen LogP contribution is -2.79. The second kappa shape index (κ2) is 11.0. The van der Waals surface area contributed by atoms with Gasteiger partial charge in [-0.2, -0.15) is 13.2 Å². The third kappa shape index (κ3) is 4.83. The smallest absolute Gasteiger partial charge is 0.416 e. The van der Waals surface area contributed by atoms with Gasteiger partial charge in [-0.15, -0.1) is 6.58 Å². The molecular weight excluding hydrogens is 589 g/mol. The molecule has 1 saturated carbocycles. The Hall–Kier alpha value is -4.12. The van der Waals surface area contributed by atoms with Crippen LogP contribution in [0.5, 0.6) is 11.5 Å². The van der Waals surface area contributed by atoms with E-state index < -0.39 is 52.7 Å². The lowest BCUT2D eigenvalue weighted by atomic mass is 9.48. The summed E-state index contributed by atoms with van der Waals surface area (Å²) in [5.74, 6) is -0.645. The first-order valence-electron chi connectivity index (χ1n) is 15.0. The number of carbonyl (C=O) groups is 3. The molecular formula is C34H35F3N2O6. The first kappa shape index (κ1) is 30.9. The van der Waals surface area contributed by atoms with E-state index in [0.717, 1.165) is 23.3 Å². The van der Waals surface area contributed by atoms with E-state index in [1.54, 1.807) is 18.0 Å². The number of amides is 1. The fourth-order valence-corrected chi connectivity index (χ4v) is 8.31. The summed E-state index contributed by atoms with van der Waals surface area (Å²) in [7, 11) is 1.65. The molecule has 1 amide bonds. The zero-order valence-electron chi connectivity index (χ0n) is 25.4. The number of esters is 2. The van der Waals surface area contributed by atoms with Crippen molar-refractivity contribution in [1.29, 1.82) is 0 Å². The Morgan fingerprint density at radius 1 is 1.16 bits per heavy atom. The number of benzene rings is 2. The highest BCUT2D eigenvalue weighted by Crippen LogP contribution is 2.67. The molecule has 2 heterocycles. The zero-order valence-corrected chi connectivity index (χ0v) is 25.4. The Morgan fingerprint density at radius 2 is 1.93 bits per heavy atom. The quantitative estimate of drug-likeness (QED) is 0.184. The minimum Gasteiger partial charge on any atom is -0.483 e. The SMILES string of the molecule is C=CCN1CC[C@]23c4c5ccc(OC(C)=O)c4O[C@H]2[C@@H](N(C)C(=O)C=Cc2cccc(C(F)(F)F)c2)CC[C@@]3(OC(C)=O)[C@H]1C5. The summed E-state index contributed by atoms with van der Waals surface area (Å²) in [6.07, 6.45) is 1.32. The van der Waals surface area contributed by atoms with Gasteiger partial charge in [-0.1, -0.05) is 24.3 Å². The fraction of sp³-hybridized carbons (Fsp3) is 0.441. The van der Waals surface area contributed by atoms with Gasteiger partial charge in [-0.25, -0.2) is 0 Å². The monoisotopic (exact) mass is 624 g/mol. The number of ether oxygens (including phenoxy) is 3. The van der Waals surface area contributed by atoms with E-state index in [0.29, 0.717) is 44.5 Å². The molecule has 0 N–H and O–H groups in total. The van der Waals surface area contributed by atoms with E-state index in [1.165, 1.54) is 38.1 Å². The molecule has 8 nitrogen and oxygen atoms in total. The Morgan fingerprint density at radius 3 is 2.62 bits per heavy atom. The molecule has 2 aliphatic heterocycles. The standard InChI is InChI=1S/C34H35F3N2O6/c1-5-16-39-17-15-32-29-23-10-11-26(43-20(2)40)30(29)44-31(32)25(13-14-33(32,27(39)19-23)45-21(3)41)38(4)28(42)12-9-22-7-6-8-24(18-22)34(35,36)37/h5-12,18,25,27,31H,1,13-17,19H2,2-4H3/t25-,27+,31-,32-,33+/m0/s1. The van der Waals surface area contributed by atoms with Crippen LogP contribution < -0.4 is 9.47 Å². The lowest BCUT2D eigenvalue weighted by molar-refractivity contribution is -0.222. The van der Waals surface area contributed by atoms with Crippen molar-refractivity contribution in [2.75, 3.05) is 20.1 Å². The Balaban J connectivity index is 1.42. The number of likely N-dealkylation sites (tertiary alicyclic amines) is 1. The van der Waals surface area contributed by atoms with Crippen molar-refractivity contribution in [3.05, 3.63) is 77.4 Å². The lowest BCUT2D eigenvalue weighted by Gasteiger charge is -2.65. The number of nitrogens with zero attached hydrogens (tertiary/aromatic N) is 2. The van der Waals surface area contributed by atoms with E-state index in [1.807, 2.05) is 12.1 Å².